The molecule has 100 valence electrons. The third kappa shape index (κ3) is 2.80. The highest BCUT2D eigenvalue weighted by atomic mass is 32.1. The molecule has 19 heavy (non-hydrogen) atoms. The molecule has 0 fully saturated rings. The van der Waals surface area contributed by atoms with Gasteiger partial charge in [0.05, 0.1) is 12.1 Å². The Balaban J connectivity index is 1.71. The van der Waals surface area contributed by atoms with Crippen LogP contribution in [0.5, 0.6) is 5.75 Å². The number of thiazole rings is 1. The Bertz CT molecular complexity index is 539. The predicted octanol–water partition coefficient (Wildman–Crippen LogP) is 3.32. The molecule has 0 saturated heterocycles. The Labute approximate surface area is 117 Å². The second-order valence-corrected chi connectivity index (χ2v) is 5.75. The molecule has 1 aliphatic rings. The minimum absolute atomic E-state index is 0.396. The number of hydrogen-bond donors (Lipinski definition) is 1. The quantitative estimate of drug-likeness (QED) is 0.908. The van der Waals surface area contributed by atoms with Crippen molar-refractivity contribution in [3.63, 3.8) is 0 Å². The fourth-order valence-corrected chi connectivity index (χ4v) is 3.02. The smallest absolute Gasteiger partial charge is 0.122 e. The summed E-state index contributed by atoms with van der Waals surface area (Å²) in [5, 5.41) is 3.61. The molecule has 0 bridgehead atoms. The summed E-state index contributed by atoms with van der Waals surface area (Å²) in [6.07, 6.45) is 4.05. The predicted molar refractivity (Wildman–Crippen MR) is 77.6 cm³/mol. The number of aromatic nitrogens is 1. The van der Waals surface area contributed by atoms with Crippen LogP contribution in [0.1, 0.15) is 35.4 Å². The molecule has 1 aromatic heterocycles. The van der Waals surface area contributed by atoms with E-state index in [1.54, 1.807) is 11.3 Å². The van der Waals surface area contributed by atoms with E-state index in [1.807, 2.05) is 11.7 Å². The van der Waals surface area contributed by atoms with Crippen molar-refractivity contribution in [1.29, 1.82) is 0 Å². The first-order valence-electron chi connectivity index (χ1n) is 6.73. The van der Waals surface area contributed by atoms with Crippen LogP contribution in [0.15, 0.2) is 29.9 Å². The van der Waals surface area contributed by atoms with E-state index in [9.17, 15) is 0 Å². The van der Waals surface area contributed by atoms with Gasteiger partial charge in [0, 0.05) is 30.1 Å². The van der Waals surface area contributed by atoms with Crippen molar-refractivity contribution in [3.05, 3.63) is 45.9 Å². The van der Waals surface area contributed by atoms with Crippen LogP contribution in [-0.2, 0) is 13.0 Å². The molecule has 2 heterocycles. The van der Waals surface area contributed by atoms with Gasteiger partial charge in [-0.05, 0) is 23.6 Å². The number of fused-ring (bicyclic) bond motifs is 1. The molecular formula is C15H18N2OS. The van der Waals surface area contributed by atoms with Crippen LogP contribution < -0.4 is 10.1 Å². The van der Waals surface area contributed by atoms with Gasteiger partial charge in [-0.1, -0.05) is 19.1 Å². The van der Waals surface area contributed by atoms with Crippen LogP contribution in [0.3, 0.4) is 0 Å². The average molecular weight is 274 g/mol. The van der Waals surface area contributed by atoms with Crippen molar-refractivity contribution in [3.8, 4) is 5.75 Å². The summed E-state index contributed by atoms with van der Waals surface area (Å²) in [5.74, 6) is 1.06. The second kappa shape index (κ2) is 5.72. The van der Waals surface area contributed by atoms with Gasteiger partial charge in [0.1, 0.15) is 5.75 Å². The fraction of sp³-hybridized carbons (Fsp3) is 0.400. The van der Waals surface area contributed by atoms with E-state index in [0.717, 1.165) is 31.7 Å². The Kier molecular flexibility index (Phi) is 3.80. The Morgan fingerprint density at radius 1 is 1.47 bits per heavy atom. The fourth-order valence-electron chi connectivity index (χ4n) is 2.47. The van der Waals surface area contributed by atoms with E-state index < -0.39 is 0 Å². The van der Waals surface area contributed by atoms with Crippen molar-refractivity contribution in [2.24, 2.45) is 0 Å². The number of nitrogens with zero attached hydrogens (tertiary/aromatic N) is 1. The molecule has 4 heteroatoms. The van der Waals surface area contributed by atoms with Crippen LogP contribution in [0, 0.1) is 0 Å². The van der Waals surface area contributed by atoms with Gasteiger partial charge in [0.2, 0.25) is 0 Å². The molecule has 1 atom stereocenters. The lowest BCUT2D eigenvalue weighted by Gasteiger charge is -2.17. The van der Waals surface area contributed by atoms with E-state index in [-0.39, 0.29) is 0 Å². The summed E-state index contributed by atoms with van der Waals surface area (Å²) in [4.78, 5) is 5.39. The van der Waals surface area contributed by atoms with Gasteiger partial charge < -0.3 is 10.1 Å². The number of rotatable bonds is 5. The van der Waals surface area contributed by atoms with Crippen molar-refractivity contribution in [2.75, 3.05) is 6.61 Å². The lowest BCUT2D eigenvalue weighted by molar-refractivity contribution is 0.356. The van der Waals surface area contributed by atoms with Crippen molar-refractivity contribution in [1.82, 2.24) is 10.3 Å². The van der Waals surface area contributed by atoms with Gasteiger partial charge >= 0.3 is 0 Å². The minimum Gasteiger partial charge on any atom is -0.493 e. The Hall–Kier alpha value is -1.39. The van der Waals surface area contributed by atoms with Crippen molar-refractivity contribution >= 4 is 11.3 Å². The normalized spacial score (nSPS) is 15.0. The van der Waals surface area contributed by atoms with E-state index in [2.05, 4.69) is 35.4 Å². The van der Waals surface area contributed by atoms with Crippen LogP contribution in [0.25, 0.3) is 0 Å². The Morgan fingerprint density at radius 2 is 2.42 bits per heavy atom. The standard InChI is InChI=1S/C15H18N2OS/c1-2-14(17-9-13-8-16-10-19-13)11-3-4-15-12(7-11)5-6-18-15/h3-4,7-8,10,14,17H,2,5-6,9H2,1H3. The summed E-state index contributed by atoms with van der Waals surface area (Å²) in [6, 6.07) is 6.97. The molecule has 1 unspecified atom stereocenters. The Morgan fingerprint density at radius 3 is 3.21 bits per heavy atom. The second-order valence-electron chi connectivity index (χ2n) is 4.78. The van der Waals surface area contributed by atoms with Crippen molar-refractivity contribution < 1.29 is 4.74 Å². The third-order valence-corrected chi connectivity index (χ3v) is 4.31. The summed E-state index contributed by atoms with van der Waals surface area (Å²) < 4.78 is 5.56. The lowest BCUT2D eigenvalue weighted by atomic mass is 10.0. The zero-order valence-electron chi connectivity index (χ0n) is 11.1. The number of nitrogens with one attached hydrogen (secondary N) is 1. The largest absolute Gasteiger partial charge is 0.493 e. The van der Waals surface area contributed by atoms with Gasteiger partial charge in [-0.3, -0.25) is 4.98 Å². The summed E-state index contributed by atoms with van der Waals surface area (Å²) in [6.45, 7) is 3.93. The van der Waals surface area contributed by atoms with Crippen molar-refractivity contribution in [2.45, 2.75) is 32.4 Å². The van der Waals surface area contributed by atoms with Gasteiger partial charge in [-0.25, -0.2) is 0 Å². The molecule has 0 saturated carbocycles. The maximum absolute atomic E-state index is 5.56. The molecule has 3 rings (SSSR count). The van der Waals surface area contributed by atoms with Crippen LogP contribution in [-0.4, -0.2) is 11.6 Å². The number of ether oxygens (including phenoxy) is 1. The van der Waals surface area contributed by atoms with Gasteiger partial charge in [0.25, 0.3) is 0 Å². The first-order valence-corrected chi connectivity index (χ1v) is 7.61. The monoisotopic (exact) mass is 274 g/mol. The first-order chi connectivity index (χ1) is 9.36. The van der Waals surface area contributed by atoms with Gasteiger partial charge in [-0.2, -0.15) is 0 Å². The molecule has 3 nitrogen and oxygen atoms in total. The lowest BCUT2D eigenvalue weighted by Crippen LogP contribution is -2.19. The molecule has 1 aliphatic heterocycles. The van der Waals surface area contributed by atoms with E-state index in [4.69, 9.17) is 4.74 Å². The average Bonchev–Trinajstić information content (AvgIpc) is 3.09. The summed E-state index contributed by atoms with van der Waals surface area (Å²) in [5.41, 5.74) is 4.58. The van der Waals surface area contributed by atoms with E-state index >= 15 is 0 Å². The van der Waals surface area contributed by atoms with Crippen LogP contribution in [0.2, 0.25) is 0 Å². The SMILES string of the molecule is CCC(NCc1cncs1)c1ccc2c(c1)CCO2. The zero-order valence-corrected chi connectivity index (χ0v) is 11.9. The van der Waals surface area contributed by atoms with Crippen LogP contribution >= 0.6 is 11.3 Å². The molecular weight excluding hydrogens is 256 g/mol. The molecule has 0 radical (unpaired) electrons. The molecule has 0 spiro atoms. The first kappa shape index (κ1) is 12.6. The third-order valence-electron chi connectivity index (χ3n) is 3.53. The highest BCUT2D eigenvalue weighted by Gasteiger charge is 2.15. The van der Waals surface area contributed by atoms with E-state index in [1.165, 1.54) is 16.0 Å². The summed E-state index contributed by atoms with van der Waals surface area (Å²) in [7, 11) is 0. The molecule has 0 aliphatic carbocycles. The minimum atomic E-state index is 0.396. The van der Waals surface area contributed by atoms with Gasteiger partial charge in [-0.15, -0.1) is 11.3 Å². The maximum Gasteiger partial charge on any atom is 0.122 e. The highest BCUT2D eigenvalue weighted by Crippen LogP contribution is 2.29. The van der Waals surface area contributed by atoms with Gasteiger partial charge in [0.15, 0.2) is 0 Å². The topological polar surface area (TPSA) is 34.2 Å². The number of hydrogen-bond acceptors (Lipinski definition) is 4. The summed E-state index contributed by atoms with van der Waals surface area (Å²) >= 11 is 1.70. The molecule has 1 N–H and O–H groups in total. The number of benzene rings is 1. The van der Waals surface area contributed by atoms with Crippen LogP contribution in [0.4, 0.5) is 0 Å². The molecule has 2 aromatic rings. The highest BCUT2D eigenvalue weighted by molar-refractivity contribution is 7.09. The molecule has 0 amide bonds. The zero-order chi connectivity index (χ0) is 13.1. The molecule has 1 aromatic carbocycles. The maximum atomic E-state index is 5.56. The van der Waals surface area contributed by atoms with E-state index in [0.29, 0.717) is 6.04 Å².